The first-order valence-corrected chi connectivity index (χ1v) is 12.2. The van der Waals surface area contributed by atoms with Crippen molar-refractivity contribution in [1.29, 1.82) is 0 Å². The average molecular weight is 486 g/mol. The summed E-state index contributed by atoms with van der Waals surface area (Å²) in [6, 6.07) is 23.1. The van der Waals surface area contributed by atoms with Crippen LogP contribution in [0.5, 0.6) is 0 Å². The van der Waals surface area contributed by atoms with E-state index in [1.54, 1.807) is 67.1 Å². The van der Waals surface area contributed by atoms with Crippen molar-refractivity contribution in [3.8, 4) is 0 Å². The Labute approximate surface area is 201 Å². The molecule has 0 unspecified atom stereocenters. The van der Waals surface area contributed by atoms with E-state index in [1.165, 1.54) is 24.3 Å². The minimum absolute atomic E-state index is 0.0889. The molecule has 2 heterocycles. The lowest BCUT2D eigenvalue weighted by atomic mass is 10.1. The molecule has 0 aliphatic rings. The molecule has 0 atom stereocenters. The highest BCUT2D eigenvalue weighted by atomic mass is 32.2. The average Bonchev–Trinajstić information content (AvgIpc) is 2.86. The predicted molar refractivity (Wildman–Crippen MR) is 136 cm³/mol. The van der Waals surface area contributed by atoms with E-state index in [-0.39, 0.29) is 10.7 Å². The van der Waals surface area contributed by atoms with Gasteiger partial charge in [0.05, 0.1) is 10.4 Å². The highest BCUT2D eigenvalue weighted by Gasteiger charge is 2.15. The zero-order valence-corrected chi connectivity index (χ0v) is 19.1. The van der Waals surface area contributed by atoms with E-state index in [0.717, 1.165) is 11.4 Å². The zero-order chi connectivity index (χ0) is 24.3. The Bertz CT molecular complexity index is 1590. The van der Waals surface area contributed by atoms with Gasteiger partial charge in [0.15, 0.2) is 0 Å². The number of hydrogen-bond donors (Lipinski definition) is 3. The van der Waals surface area contributed by atoms with Gasteiger partial charge >= 0.3 is 0 Å². The van der Waals surface area contributed by atoms with Gasteiger partial charge < -0.3 is 10.6 Å². The van der Waals surface area contributed by atoms with Gasteiger partial charge in [-0.05, 0) is 78.9 Å². The molecule has 0 fully saturated rings. The van der Waals surface area contributed by atoms with Gasteiger partial charge in [-0.15, -0.1) is 0 Å². The molecule has 35 heavy (non-hydrogen) atoms. The van der Waals surface area contributed by atoms with Crippen LogP contribution in [0.25, 0.3) is 10.9 Å². The SMILES string of the molecule is O=S(=O)(Nc1ccc(Nc2ccncc2)cc1)c1cccc(Nc2ccnc3ccc(F)cc23)c1. The van der Waals surface area contributed by atoms with Crippen molar-refractivity contribution >= 4 is 49.4 Å². The molecule has 0 aliphatic heterocycles. The zero-order valence-electron chi connectivity index (χ0n) is 18.3. The van der Waals surface area contributed by atoms with Gasteiger partial charge in [-0.1, -0.05) is 6.07 Å². The molecule has 0 saturated carbocycles. The lowest BCUT2D eigenvalue weighted by Crippen LogP contribution is -2.13. The number of pyridine rings is 2. The van der Waals surface area contributed by atoms with Crippen LogP contribution in [0.15, 0.2) is 108 Å². The smallest absolute Gasteiger partial charge is 0.261 e. The number of nitrogens with zero attached hydrogens (tertiary/aromatic N) is 2. The molecule has 0 bridgehead atoms. The van der Waals surface area contributed by atoms with Crippen molar-refractivity contribution in [1.82, 2.24) is 9.97 Å². The minimum Gasteiger partial charge on any atom is -0.355 e. The molecular weight excluding hydrogens is 465 g/mol. The van der Waals surface area contributed by atoms with E-state index in [1.807, 2.05) is 12.1 Å². The van der Waals surface area contributed by atoms with Crippen LogP contribution in [0.3, 0.4) is 0 Å². The van der Waals surface area contributed by atoms with Crippen LogP contribution in [0.1, 0.15) is 0 Å². The molecule has 9 heteroatoms. The van der Waals surface area contributed by atoms with Crippen LogP contribution in [-0.2, 0) is 10.0 Å². The minimum atomic E-state index is -3.84. The molecule has 0 amide bonds. The number of halogens is 1. The van der Waals surface area contributed by atoms with Crippen molar-refractivity contribution < 1.29 is 12.8 Å². The monoisotopic (exact) mass is 485 g/mol. The van der Waals surface area contributed by atoms with Crippen LogP contribution in [0, 0.1) is 5.82 Å². The maximum Gasteiger partial charge on any atom is 0.261 e. The summed E-state index contributed by atoms with van der Waals surface area (Å²) in [5.74, 6) is -0.379. The standard InChI is InChI=1S/C26H20FN5O2S/c27-18-4-9-25-24(16-18)26(12-15-29-25)31-22-2-1-3-23(17-22)35(33,34)32-21-7-5-19(6-8-21)30-20-10-13-28-14-11-20/h1-17,32H,(H,28,30)(H,29,31). The fraction of sp³-hybridized carbons (Fsp3) is 0. The molecule has 5 rings (SSSR count). The highest BCUT2D eigenvalue weighted by molar-refractivity contribution is 7.92. The second-order valence-corrected chi connectivity index (χ2v) is 9.40. The van der Waals surface area contributed by atoms with Gasteiger partial charge in [0, 0.05) is 52.4 Å². The number of anilines is 5. The molecule has 0 saturated heterocycles. The molecule has 0 radical (unpaired) electrons. The lowest BCUT2D eigenvalue weighted by Gasteiger charge is -2.13. The van der Waals surface area contributed by atoms with Gasteiger partial charge in [-0.2, -0.15) is 0 Å². The molecule has 0 aliphatic carbocycles. The van der Waals surface area contributed by atoms with Gasteiger partial charge in [0.25, 0.3) is 10.0 Å². The van der Waals surface area contributed by atoms with E-state index in [4.69, 9.17) is 0 Å². The molecular formula is C26H20FN5O2S. The molecule has 3 aromatic carbocycles. The second kappa shape index (κ2) is 9.40. The summed E-state index contributed by atoms with van der Waals surface area (Å²) in [4.78, 5) is 8.30. The molecule has 174 valence electrons. The van der Waals surface area contributed by atoms with E-state index < -0.39 is 10.0 Å². The van der Waals surface area contributed by atoms with Gasteiger partial charge in [-0.3, -0.25) is 14.7 Å². The molecule has 2 aromatic heterocycles. The molecule has 3 N–H and O–H groups in total. The normalized spacial score (nSPS) is 11.2. The summed E-state index contributed by atoms with van der Waals surface area (Å²) < 4.78 is 42.4. The first kappa shape index (κ1) is 22.3. The van der Waals surface area contributed by atoms with E-state index in [0.29, 0.717) is 28.0 Å². The molecule has 7 nitrogen and oxygen atoms in total. The Balaban J connectivity index is 1.34. The van der Waals surface area contributed by atoms with Crippen molar-refractivity contribution in [3.63, 3.8) is 0 Å². The topological polar surface area (TPSA) is 96.0 Å². The number of rotatable bonds is 7. The van der Waals surface area contributed by atoms with Gasteiger partial charge in [-0.25, -0.2) is 12.8 Å². The predicted octanol–water partition coefficient (Wildman–Crippen LogP) is 6.06. The molecule has 5 aromatic rings. The van der Waals surface area contributed by atoms with E-state index >= 15 is 0 Å². The summed E-state index contributed by atoms with van der Waals surface area (Å²) in [7, 11) is -3.84. The van der Waals surface area contributed by atoms with E-state index in [9.17, 15) is 12.8 Å². The maximum atomic E-state index is 13.8. The van der Waals surface area contributed by atoms with Crippen molar-refractivity contribution in [2.75, 3.05) is 15.4 Å². The van der Waals surface area contributed by atoms with Gasteiger partial charge in [0.1, 0.15) is 5.82 Å². The molecule has 0 spiro atoms. The summed E-state index contributed by atoms with van der Waals surface area (Å²) in [6.07, 6.45) is 4.98. The largest absolute Gasteiger partial charge is 0.355 e. The number of nitrogens with one attached hydrogen (secondary N) is 3. The first-order chi connectivity index (χ1) is 17.0. The Hall–Kier alpha value is -4.50. The van der Waals surface area contributed by atoms with Crippen molar-refractivity contribution in [2.45, 2.75) is 4.90 Å². The number of fused-ring (bicyclic) bond motifs is 1. The second-order valence-electron chi connectivity index (χ2n) is 7.72. The summed E-state index contributed by atoms with van der Waals surface area (Å²) >= 11 is 0. The third-order valence-corrected chi connectivity index (χ3v) is 6.61. The number of sulfonamides is 1. The van der Waals surface area contributed by atoms with Crippen LogP contribution in [-0.4, -0.2) is 18.4 Å². The van der Waals surface area contributed by atoms with Crippen LogP contribution < -0.4 is 15.4 Å². The van der Waals surface area contributed by atoms with E-state index in [2.05, 4.69) is 25.3 Å². The number of aromatic nitrogens is 2. The third kappa shape index (κ3) is 5.20. The summed E-state index contributed by atoms with van der Waals surface area (Å²) in [5.41, 5.74) is 3.91. The van der Waals surface area contributed by atoms with Crippen LogP contribution in [0.4, 0.5) is 32.8 Å². The highest BCUT2D eigenvalue weighted by Crippen LogP contribution is 2.28. The van der Waals surface area contributed by atoms with Crippen LogP contribution >= 0.6 is 0 Å². The number of hydrogen-bond acceptors (Lipinski definition) is 6. The Morgan fingerprint density at radius 1 is 0.686 bits per heavy atom. The van der Waals surface area contributed by atoms with Crippen molar-refractivity contribution in [3.05, 3.63) is 109 Å². The Morgan fingerprint density at radius 2 is 1.43 bits per heavy atom. The van der Waals surface area contributed by atoms with Gasteiger partial charge in [0.2, 0.25) is 0 Å². The third-order valence-electron chi connectivity index (χ3n) is 5.23. The fourth-order valence-electron chi connectivity index (χ4n) is 3.56. The Morgan fingerprint density at radius 3 is 2.23 bits per heavy atom. The lowest BCUT2D eigenvalue weighted by molar-refractivity contribution is 0.601. The maximum absolute atomic E-state index is 13.8. The van der Waals surface area contributed by atoms with Crippen LogP contribution in [0.2, 0.25) is 0 Å². The number of benzene rings is 3. The summed E-state index contributed by atoms with van der Waals surface area (Å²) in [6.45, 7) is 0. The Kier molecular flexibility index (Phi) is 5.99. The van der Waals surface area contributed by atoms with Crippen molar-refractivity contribution in [2.24, 2.45) is 0 Å². The first-order valence-electron chi connectivity index (χ1n) is 10.7. The summed E-state index contributed by atoms with van der Waals surface area (Å²) in [5, 5.41) is 6.99. The fourth-order valence-corrected chi connectivity index (χ4v) is 4.67. The quantitative estimate of drug-likeness (QED) is 0.259.